The Balaban J connectivity index is 1.44. The molecule has 3 N–H and O–H groups in total. The number of H-pyrrole nitrogens is 1. The third kappa shape index (κ3) is 3.37. The van der Waals surface area contributed by atoms with Crippen LogP contribution in [-0.4, -0.2) is 20.2 Å². The molecule has 122 valence electrons. The fourth-order valence-corrected chi connectivity index (χ4v) is 2.65. The molecule has 1 aliphatic rings. The van der Waals surface area contributed by atoms with Gasteiger partial charge in [-0.1, -0.05) is 30.3 Å². The highest BCUT2D eigenvalue weighted by Crippen LogP contribution is 2.39. The lowest BCUT2D eigenvalue weighted by Gasteiger charge is -2.14. The topological polar surface area (TPSA) is 78.5 Å². The molecule has 3 aromatic rings. The largest absolute Gasteiger partial charge is 0.348 e. The molecule has 1 saturated carbocycles. The van der Waals surface area contributed by atoms with E-state index < -0.39 is 0 Å². The van der Waals surface area contributed by atoms with Gasteiger partial charge in [-0.15, -0.1) is 0 Å². The number of benzene rings is 1. The maximum atomic E-state index is 4.52. The van der Waals surface area contributed by atoms with E-state index in [2.05, 4.69) is 55.9 Å². The van der Waals surface area contributed by atoms with Crippen molar-refractivity contribution in [2.24, 2.45) is 0 Å². The molecule has 0 radical (unpaired) electrons. The van der Waals surface area contributed by atoms with Gasteiger partial charge >= 0.3 is 0 Å². The van der Waals surface area contributed by atoms with Gasteiger partial charge in [-0.3, -0.25) is 5.10 Å². The molecule has 6 nitrogen and oxygen atoms in total. The zero-order chi connectivity index (χ0) is 16.4. The van der Waals surface area contributed by atoms with Crippen LogP contribution in [0.2, 0.25) is 0 Å². The first kappa shape index (κ1) is 14.7. The smallest absolute Gasteiger partial charge is 0.225 e. The van der Waals surface area contributed by atoms with E-state index in [-0.39, 0.29) is 6.04 Å². The molecule has 6 heteroatoms. The van der Waals surface area contributed by atoms with Gasteiger partial charge in [0.2, 0.25) is 5.95 Å². The molecule has 1 unspecified atom stereocenters. The monoisotopic (exact) mass is 320 g/mol. The maximum Gasteiger partial charge on any atom is 0.225 e. The van der Waals surface area contributed by atoms with Crippen molar-refractivity contribution in [1.29, 1.82) is 0 Å². The van der Waals surface area contributed by atoms with Gasteiger partial charge < -0.3 is 10.6 Å². The zero-order valence-electron chi connectivity index (χ0n) is 13.5. The molecule has 0 saturated heterocycles. The molecular formula is C18H20N6. The van der Waals surface area contributed by atoms with Crippen molar-refractivity contribution in [3.05, 3.63) is 59.9 Å². The van der Waals surface area contributed by atoms with Gasteiger partial charge in [-0.05, 0) is 31.4 Å². The van der Waals surface area contributed by atoms with E-state index in [9.17, 15) is 0 Å². The van der Waals surface area contributed by atoms with E-state index in [4.69, 9.17) is 0 Å². The van der Waals surface area contributed by atoms with Crippen LogP contribution in [0.15, 0.2) is 48.7 Å². The summed E-state index contributed by atoms with van der Waals surface area (Å²) < 4.78 is 0. The quantitative estimate of drug-likeness (QED) is 0.640. The van der Waals surface area contributed by atoms with Crippen molar-refractivity contribution in [2.75, 3.05) is 10.6 Å². The average Bonchev–Trinajstić information content (AvgIpc) is 3.36. The van der Waals surface area contributed by atoms with E-state index in [1.165, 1.54) is 24.1 Å². The van der Waals surface area contributed by atoms with Crippen molar-refractivity contribution < 1.29 is 0 Å². The molecule has 1 fully saturated rings. The highest BCUT2D eigenvalue weighted by molar-refractivity contribution is 5.53. The number of aromatic nitrogens is 4. The summed E-state index contributed by atoms with van der Waals surface area (Å²) in [5.74, 6) is 2.76. The fourth-order valence-electron chi connectivity index (χ4n) is 2.65. The Morgan fingerprint density at radius 2 is 1.96 bits per heavy atom. The predicted octanol–water partition coefficient (Wildman–Crippen LogP) is 3.99. The lowest BCUT2D eigenvalue weighted by Crippen LogP contribution is -2.09. The zero-order valence-corrected chi connectivity index (χ0v) is 13.5. The summed E-state index contributed by atoms with van der Waals surface area (Å²) in [6.07, 6.45) is 4.24. The Bertz CT molecular complexity index is 809. The Labute approximate surface area is 140 Å². The van der Waals surface area contributed by atoms with Crippen molar-refractivity contribution in [1.82, 2.24) is 20.2 Å². The fraction of sp³-hybridized carbons (Fsp3) is 0.278. The molecule has 1 aliphatic carbocycles. The second kappa shape index (κ2) is 6.31. The molecule has 1 aromatic carbocycles. The summed E-state index contributed by atoms with van der Waals surface area (Å²) in [7, 11) is 0. The SMILES string of the molecule is CC(Nc1nccc(Nc2cc(C3CC3)[nH]n2)n1)c1ccccc1. The first-order chi connectivity index (χ1) is 11.8. The van der Waals surface area contributed by atoms with Crippen LogP contribution in [0.1, 0.15) is 43.0 Å². The van der Waals surface area contributed by atoms with E-state index in [1.54, 1.807) is 6.20 Å². The van der Waals surface area contributed by atoms with E-state index >= 15 is 0 Å². The first-order valence-corrected chi connectivity index (χ1v) is 8.25. The average molecular weight is 320 g/mol. The normalized spacial score (nSPS) is 15.0. The number of hydrogen-bond donors (Lipinski definition) is 3. The Morgan fingerprint density at radius 3 is 2.75 bits per heavy atom. The number of nitrogens with one attached hydrogen (secondary N) is 3. The van der Waals surface area contributed by atoms with Crippen LogP contribution in [0.4, 0.5) is 17.6 Å². The number of nitrogens with zero attached hydrogens (tertiary/aromatic N) is 3. The van der Waals surface area contributed by atoms with Gasteiger partial charge in [0.15, 0.2) is 5.82 Å². The first-order valence-electron chi connectivity index (χ1n) is 8.25. The second-order valence-corrected chi connectivity index (χ2v) is 6.15. The van der Waals surface area contributed by atoms with Crippen molar-refractivity contribution in [3.63, 3.8) is 0 Å². The molecule has 0 aliphatic heterocycles. The Morgan fingerprint density at radius 1 is 1.12 bits per heavy atom. The van der Waals surface area contributed by atoms with Crippen LogP contribution < -0.4 is 10.6 Å². The third-order valence-corrected chi connectivity index (χ3v) is 4.17. The predicted molar refractivity (Wildman–Crippen MR) is 94.4 cm³/mol. The number of anilines is 3. The van der Waals surface area contributed by atoms with E-state index in [0.29, 0.717) is 11.9 Å². The Hall–Kier alpha value is -2.89. The third-order valence-electron chi connectivity index (χ3n) is 4.17. The number of rotatable bonds is 6. The van der Waals surface area contributed by atoms with Gasteiger partial charge in [0.25, 0.3) is 0 Å². The minimum atomic E-state index is 0.133. The van der Waals surface area contributed by atoms with Gasteiger partial charge in [-0.2, -0.15) is 10.1 Å². The van der Waals surface area contributed by atoms with Crippen molar-refractivity contribution >= 4 is 17.6 Å². The standard InChI is InChI=1S/C18H20N6/c1-12(13-5-3-2-4-6-13)20-18-19-10-9-16(22-18)21-17-11-15(23-24-17)14-7-8-14/h2-6,9-12,14H,7-8H2,1H3,(H3,19,20,21,22,23,24). The summed E-state index contributed by atoms with van der Waals surface area (Å²) in [6.45, 7) is 2.09. The molecular weight excluding hydrogens is 300 g/mol. The van der Waals surface area contributed by atoms with Crippen molar-refractivity contribution in [2.45, 2.75) is 31.7 Å². The van der Waals surface area contributed by atoms with Crippen LogP contribution in [-0.2, 0) is 0 Å². The molecule has 0 amide bonds. The minimum Gasteiger partial charge on any atom is -0.348 e. The maximum absolute atomic E-state index is 4.52. The lowest BCUT2D eigenvalue weighted by atomic mass is 10.1. The molecule has 0 spiro atoms. The number of hydrogen-bond acceptors (Lipinski definition) is 5. The van der Waals surface area contributed by atoms with Crippen LogP contribution in [0.25, 0.3) is 0 Å². The molecule has 24 heavy (non-hydrogen) atoms. The minimum absolute atomic E-state index is 0.133. The van der Waals surface area contributed by atoms with E-state index in [1.807, 2.05) is 24.3 Å². The summed E-state index contributed by atoms with van der Waals surface area (Å²) in [5, 5.41) is 13.9. The number of aromatic amines is 1. The van der Waals surface area contributed by atoms with Crippen LogP contribution in [0.3, 0.4) is 0 Å². The Kier molecular flexibility index (Phi) is 3.86. The molecule has 0 bridgehead atoms. The summed E-state index contributed by atoms with van der Waals surface area (Å²) >= 11 is 0. The van der Waals surface area contributed by atoms with E-state index in [0.717, 1.165) is 11.6 Å². The molecule has 1 atom stereocenters. The van der Waals surface area contributed by atoms with Gasteiger partial charge in [-0.25, -0.2) is 4.98 Å². The molecule has 2 aromatic heterocycles. The van der Waals surface area contributed by atoms with Crippen LogP contribution in [0, 0.1) is 0 Å². The highest BCUT2D eigenvalue weighted by Gasteiger charge is 2.25. The van der Waals surface area contributed by atoms with Crippen LogP contribution >= 0.6 is 0 Å². The van der Waals surface area contributed by atoms with Crippen LogP contribution in [0.5, 0.6) is 0 Å². The second-order valence-electron chi connectivity index (χ2n) is 6.15. The summed E-state index contributed by atoms with van der Waals surface area (Å²) in [5.41, 5.74) is 2.39. The summed E-state index contributed by atoms with van der Waals surface area (Å²) in [4.78, 5) is 8.82. The van der Waals surface area contributed by atoms with Gasteiger partial charge in [0.1, 0.15) is 5.82 Å². The summed E-state index contributed by atoms with van der Waals surface area (Å²) in [6, 6.07) is 14.3. The van der Waals surface area contributed by atoms with Crippen molar-refractivity contribution in [3.8, 4) is 0 Å². The van der Waals surface area contributed by atoms with Gasteiger partial charge in [0.05, 0.1) is 6.04 Å². The lowest BCUT2D eigenvalue weighted by molar-refractivity contribution is 0.861. The molecule has 2 heterocycles. The van der Waals surface area contributed by atoms with Gasteiger partial charge in [0, 0.05) is 23.9 Å². The molecule has 4 rings (SSSR count). The highest BCUT2D eigenvalue weighted by atomic mass is 15.2.